The molecule has 0 saturated heterocycles. The normalized spacial score (nSPS) is 10.6. The summed E-state index contributed by atoms with van der Waals surface area (Å²) in [5.74, 6) is 1.11. The highest BCUT2D eigenvalue weighted by atomic mass is 16.5. The second kappa shape index (κ2) is 5.21. The number of methoxy groups -OCH3 is 1. The maximum Gasteiger partial charge on any atom is 0.119 e. The maximum absolute atomic E-state index is 9.34. The molecule has 0 aliphatic carbocycles. The van der Waals surface area contributed by atoms with Crippen molar-refractivity contribution in [2.45, 2.75) is 0 Å². The van der Waals surface area contributed by atoms with E-state index in [1.807, 2.05) is 48.6 Å². The Labute approximate surface area is 101 Å². The van der Waals surface area contributed by atoms with Crippen LogP contribution in [0.5, 0.6) is 11.5 Å². The zero-order valence-electron chi connectivity index (χ0n) is 9.63. The number of aromatic hydroxyl groups is 1. The third kappa shape index (κ3) is 3.11. The summed E-state index contributed by atoms with van der Waals surface area (Å²) in [5, 5.41) is 9.34. The smallest absolute Gasteiger partial charge is 0.119 e. The van der Waals surface area contributed by atoms with Gasteiger partial charge in [-0.05, 0) is 35.4 Å². The van der Waals surface area contributed by atoms with E-state index in [0.717, 1.165) is 16.9 Å². The SMILES string of the molecule is COc1cccc(/C=C\c2cccc(O)c2)c1. The second-order valence-electron chi connectivity index (χ2n) is 3.70. The third-order valence-corrected chi connectivity index (χ3v) is 2.43. The van der Waals surface area contributed by atoms with Crippen LogP contribution in [0.4, 0.5) is 0 Å². The third-order valence-electron chi connectivity index (χ3n) is 2.43. The number of phenolic OH excluding ortho intramolecular Hbond substituents is 1. The zero-order chi connectivity index (χ0) is 12.1. The van der Waals surface area contributed by atoms with Gasteiger partial charge in [-0.25, -0.2) is 0 Å². The fourth-order valence-corrected chi connectivity index (χ4v) is 1.57. The Morgan fingerprint density at radius 3 is 2.24 bits per heavy atom. The molecule has 1 N–H and O–H groups in total. The highest BCUT2D eigenvalue weighted by Crippen LogP contribution is 2.17. The molecule has 17 heavy (non-hydrogen) atoms. The van der Waals surface area contributed by atoms with Gasteiger partial charge in [-0.2, -0.15) is 0 Å². The zero-order valence-corrected chi connectivity index (χ0v) is 9.63. The lowest BCUT2D eigenvalue weighted by Gasteiger charge is -2.00. The summed E-state index contributed by atoms with van der Waals surface area (Å²) in [6, 6.07) is 14.9. The Morgan fingerprint density at radius 2 is 1.59 bits per heavy atom. The van der Waals surface area contributed by atoms with Crippen molar-refractivity contribution in [3.05, 3.63) is 59.7 Å². The summed E-state index contributed by atoms with van der Waals surface area (Å²) in [6.45, 7) is 0. The van der Waals surface area contributed by atoms with Gasteiger partial charge in [-0.15, -0.1) is 0 Å². The minimum Gasteiger partial charge on any atom is -0.508 e. The number of rotatable bonds is 3. The van der Waals surface area contributed by atoms with Gasteiger partial charge in [0.25, 0.3) is 0 Å². The molecule has 2 aromatic rings. The molecule has 0 aliphatic rings. The summed E-state index contributed by atoms with van der Waals surface area (Å²) in [4.78, 5) is 0. The lowest BCUT2D eigenvalue weighted by Crippen LogP contribution is -1.82. The van der Waals surface area contributed by atoms with Crippen LogP contribution in [0.3, 0.4) is 0 Å². The van der Waals surface area contributed by atoms with Crippen molar-refractivity contribution in [2.24, 2.45) is 0 Å². The number of benzene rings is 2. The fraction of sp³-hybridized carbons (Fsp3) is 0.0667. The average Bonchev–Trinajstić information content (AvgIpc) is 2.37. The largest absolute Gasteiger partial charge is 0.508 e. The van der Waals surface area contributed by atoms with E-state index in [0.29, 0.717) is 0 Å². The molecule has 2 nitrogen and oxygen atoms in total. The molecule has 2 heteroatoms. The molecule has 0 atom stereocenters. The van der Waals surface area contributed by atoms with Crippen LogP contribution >= 0.6 is 0 Å². The molecular formula is C15H14O2. The van der Waals surface area contributed by atoms with Gasteiger partial charge in [0, 0.05) is 0 Å². The van der Waals surface area contributed by atoms with Gasteiger partial charge in [0.2, 0.25) is 0 Å². The molecule has 0 saturated carbocycles. The Balaban J connectivity index is 2.19. The first-order valence-corrected chi connectivity index (χ1v) is 5.39. The van der Waals surface area contributed by atoms with Crippen molar-refractivity contribution >= 4 is 12.2 Å². The van der Waals surface area contributed by atoms with Crippen LogP contribution in [0.15, 0.2) is 48.5 Å². The summed E-state index contributed by atoms with van der Waals surface area (Å²) in [6.07, 6.45) is 3.94. The Morgan fingerprint density at radius 1 is 0.941 bits per heavy atom. The minimum absolute atomic E-state index is 0.276. The van der Waals surface area contributed by atoms with Crippen LogP contribution in [0.2, 0.25) is 0 Å². The summed E-state index contributed by atoms with van der Waals surface area (Å²) >= 11 is 0. The van der Waals surface area contributed by atoms with E-state index >= 15 is 0 Å². The van der Waals surface area contributed by atoms with Crippen LogP contribution < -0.4 is 4.74 Å². The van der Waals surface area contributed by atoms with Crippen LogP contribution in [0, 0.1) is 0 Å². The predicted octanol–water partition coefficient (Wildman–Crippen LogP) is 3.57. The van der Waals surface area contributed by atoms with E-state index in [1.54, 1.807) is 19.2 Å². The van der Waals surface area contributed by atoms with Gasteiger partial charge in [0.05, 0.1) is 7.11 Å². The fourth-order valence-electron chi connectivity index (χ4n) is 1.57. The molecule has 2 aromatic carbocycles. The lowest BCUT2D eigenvalue weighted by atomic mass is 10.1. The van der Waals surface area contributed by atoms with Crippen molar-refractivity contribution < 1.29 is 9.84 Å². The van der Waals surface area contributed by atoms with E-state index in [1.165, 1.54) is 0 Å². The highest BCUT2D eigenvalue weighted by Gasteiger charge is 1.92. The van der Waals surface area contributed by atoms with Gasteiger partial charge in [0.15, 0.2) is 0 Å². The van der Waals surface area contributed by atoms with E-state index in [4.69, 9.17) is 4.74 Å². The Kier molecular flexibility index (Phi) is 3.46. The highest BCUT2D eigenvalue weighted by molar-refractivity contribution is 5.70. The standard InChI is InChI=1S/C15H14O2/c1-17-15-7-3-5-13(11-15)9-8-12-4-2-6-14(16)10-12/h2-11,16H,1H3/b9-8-. The lowest BCUT2D eigenvalue weighted by molar-refractivity contribution is 0.414. The van der Waals surface area contributed by atoms with Gasteiger partial charge >= 0.3 is 0 Å². The first-order valence-electron chi connectivity index (χ1n) is 5.39. The number of phenols is 1. The predicted molar refractivity (Wildman–Crippen MR) is 70.0 cm³/mol. The van der Waals surface area contributed by atoms with Gasteiger partial charge in [0.1, 0.15) is 11.5 Å². The van der Waals surface area contributed by atoms with Crippen LogP contribution in [0.1, 0.15) is 11.1 Å². The van der Waals surface area contributed by atoms with Gasteiger partial charge in [-0.1, -0.05) is 36.4 Å². The second-order valence-corrected chi connectivity index (χ2v) is 3.70. The van der Waals surface area contributed by atoms with Crippen molar-refractivity contribution in [3.8, 4) is 11.5 Å². The monoisotopic (exact) mass is 226 g/mol. The summed E-state index contributed by atoms with van der Waals surface area (Å²) in [7, 11) is 1.65. The topological polar surface area (TPSA) is 29.5 Å². The Bertz CT molecular complexity index is 530. The molecule has 0 aromatic heterocycles. The van der Waals surface area contributed by atoms with Crippen LogP contribution in [-0.4, -0.2) is 12.2 Å². The maximum atomic E-state index is 9.34. The molecule has 0 unspecified atom stereocenters. The van der Waals surface area contributed by atoms with Crippen LogP contribution in [0.25, 0.3) is 12.2 Å². The first kappa shape index (κ1) is 11.3. The molecule has 0 amide bonds. The van der Waals surface area contributed by atoms with Crippen LogP contribution in [-0.2, 0) is 0 Å². The molecule has 86 valence electrons. The molecule has 0 radical (unpaired) electrons. The molecule has 0 bridgehead atoms. The van der Waals surface area contributed by atoms with Crippen molar-refractivity contribution in [3.63, 3.8) is 0 Å². The quantitative estimate of drug-likeness (QED) is 0.811. The molecule has 0 spiro atoms. The minimum atomic E-state index is 0.276. The first-order chi connectivity index (χ1) is 8.28. The number of hydrogen-bond acceptors (Lipinski definition) is 2. The summed E-state index contributed by atoms with van der Waals surface area (Å²) in [5.41, 5.74) is 2.03. The molecule has 0 heterocycles. The molecule has 0 aliphatic heterocycles. The Hall–Kier alpha value is -2.22. The molecular weight excluding hydrogens is 212 g/mol. The van der Waals surface area contributed by atoms with E-state index in [-0.39, 0.29) is 5.75 Å². The molecule has 0 fully saturated rings. The summed E-state index contributed by atoms with van der Waals surface area (Å²) < 4.78 is 5.15. The van der Waals surface area contributed by atoms with Crippen molar-refractivity contribution in [1.82, 2.24) is 0 Å². The van der Waals surface area contributed by atoms with Crippen molar-refractivity contribution in [2.75, 3.05) is 7.11 Å². The number of ether oxygens (including phenoxy) is 1. The molecule has 2 rings (SSSR count). The van der Waals surface area contributed by atoms with Crippen molar-refractivity contribution in [1.29, 1.82) is 0 Å². The average molecular weight is 226 g/mol. The number of hydrogen-bond donors (Lipinski definition) is 1. The van der Waals surface area contributed by atoms with Gasteiger partial charge < -0.3 is 9.84 Å². The van der Waals surface area contributed by atoms with Gasteiger partial charge in [-0.3, -0.25) is 0 Å². The van der Waals surface area contributed by atoms with E-state index in [9.17, 15) is 5.11 Å². The van der Waals surface area contributed by atoms with E-state index < -0.39 is 0 Å². The van der Waals surface area contributed by atoms with E-state index in [2.05, 4.69) is 0 Å².